The van der Waals surface area contributed by atoms with Gasteiger partial charge >= 0.3 is 11.3 Å². The highest BCUT2D eigenvalue weighted by atomic mass is 32.1. The Morgan fingerprint density at radius 3 is 2.13 bits per heavy atom. The third-order valence-corrected chi connectivity index (χ3v) is 7.06. The van der Waals surface area contributed by atoms with E-state index in [-0.39, 0.29) is 5.56 Å². The number of amides is 1. The lowest BCUT2D eigenvalue weighted by atomic mass is 10.1. The summed E-state index contributed by atoms with van der Waals surface area (Å²) in [5, 5.41) is 7.53. The van der Waals surface area contributed by atoms with Crippen LogP contribution in [0.25, 0.3) is 38.9 Å². The van der Waals surface area contributed by atoms with Crippen LogP contribution < -0.4 is 21.5 Å². The predicted molar refractivity (Wildman–Crippen MR) is 150 cm³/mol. The van der Waals surface area contributed by atoms with Crippen molar-refractivity contribution in [1.82, 2.24) is 9.99 Å². The number of benzene rings is 3. The van der Waals surface area contributed by atoms with Crippen molar-refractivity contribution in [2.45, 2.75) is 13.8 Å². The quantitative estimate of drug-likeness (QED) is 0.244. The van der Waals surface area contributed by atoms with Crippen LogP contribution in [-0.2, 0) is 0 Å². The van der Waals surface area contributed by atoms with Crippen molar-refractivity contribution in [1.29, 1.82) is 0 Å². The molecule has 0 fully saturated rings. The van der Waals surface area contributed by atoms with Crippen LogP contribution in [0.2, 0.25) is 0 Å². The zero-order valence-electron chi connectivity index (χ0n) is 20.9. The predicted octanol–water partition coefficient (Wildman–Crippen LogP) is 5.28. The Morgan fingerprint density at radius 2 is 1.44 bits per heavy atom. The fraction of sp³-hybridized carbons (Fsp3) is 0.0667. The van der Waals surface area contributed by atoms with Crippen molar-refractivity contribution < 1.29 is 13.6 Å². The minimum Gasteiger partial charge on any atom is -0.422 e. The second-order valence-corrected chi connectivity index (χ2v) is 9.94. The molecule has 0 aliphatic carbocycles. The summed E-state index contributed by atoms with van der Waals surface area (Å²) >= 11 is 1.24. The van der Waals surface area contributed by atoms with Crippen molar-refractivity contribution in [2.24, 2.45) is 5.10 Å². The van der Waals surface area contributed by atoms with Gasteiger partial charge in [0.05, 0.1) is 11.3 Å². The number of carbonyl (C=O) groups excluding carboxylic acids is 1. The number of nitrogens with zero attached hydrogens (tertiary/aromatic N) is 2. The Bertz CT molecular complexity index is 2080. The number of fused-ring (bicyclic) bond motifs is 2. The van der Waals surface area contributed by atoms with Gasteiger partial charge in [0, 0.05) is 21.8 Å². The Balaban J connectivity index is 1.49. The molecule has 3 aromatic carbocycles. The number of aromatic nitrogens is 1. The Kier molecular flexibility index (Phi) is 6.05. The maximum Gasteiger partial charge on any atom is 0.349 e. The van der Waals surface area contributed by atoms with E-state index in [9.17, 15) is 14.4 Å². The number of aryl methyl sites for hydroxylation is 2. The van der Waals surface area contributed by atoms with Gasteiger partial charge in [-0.2, -0.15) is 0 Å². The molecule has 0 spiro atoms. The molecule has 6 aromatic rings. The molecule has 1 amide bonds. The van der Waals surface area contributed by atoms with Crippen molar-refractivity contribution in [3.63, 3.8) is 0 Å². The molecule has 3 heterocycles. The van der Waals surface area contributed by atoms with Crippen LogP contribution >= 0.6 is 11.3 Å². The van der Waals surface area contributed by atoms with Crippen LogP contribution in [0, 0.1) is 13.8 Å². The number of rotatable bonds is 4. The summed E-state index contributed by atoms with van der Waals surface area (Å²) < 4.78 is 12.7. The van der Waals surface area contributed by atoms with Gasteiger partial charge in [-0.3, -0.25) is 9.36 Å². The molecule has 0 atom stereocenters. The second-order valence-electron chi connectivity index (χ2n) is 9.11. The number of hydrogen-bond donors (Lipinski definition) is 1. The molecule has 8 nitrogen and oxygen atoms in total. The summed E-state index contributed by atoms with van der Waals surface area (Å²) in [5.74, 6) is -0.707. The van der Waals surface area contributed by atoms with Crippen LogP contribution in [0.5, 0.6) is 0 Å². The van der Waals surface area contributed by atoms with Crippen LogP contribution in [0.15, 0.2) is 108 Å². The van der Waals surface area contributed by atoms with Gasteiger partial charge < -0.3 is 8.83 Å². The maximum atomic E-state index is 13.0. The Morgan fingerprint density at radius 1 is 0.821 bits per heavy atom. The van der Waals surface area contributed by atoms with E-state index in [1.54, 1.807) is 52.4 Å². The molecule has 0 aliphatic heterocycles. The second kappa shape index (κ2) is 9.70. The number of hydrogen-bond acceptors (Lipinski definition) is 7. The van der Waals surface area contributed by atoms with E-state index in [2.05, 4.69) is 10.5 Å². The molecule has 0 unspecified atom stereocenters. The molecule has 3 aromatic heterocycles. The average Bonchev–Trinajstić information content (AvgIpc) is 3.34. The Hall–Kier alpha value is -5.02. The van der Waals surface area contributed by atoms with Gasteiger partial charge in [-0.25, -0.2) is 15.0 Å². The largest absolute Gasteiger partial charge is 0.422 e. The van der Waals surface area contributed by atoms with Crippen LogP contribution in [0.3, 0.4) is 0 Å². The van der Waals surface area contributed by atoms with Gasteiger partial charge in [-0.1, -0.05) is 42.5 Å². The zero-order chi connectivity index (χ0) is 27.1. The number of para-hydroxylation sites is 2. The van der Waals surface area contributed by atoms with E-state index in [1.807, 2.05) is 44.2 Å². The first-order chi connectivity index (χ1) is 18.9. The molecule has 9 heteroatoms. The lowest BCUT2D eigenvalue weighted by molar-refractivity contribution is 0.0949. The highest BCUT2D eigenvalue weighted by Crippen LogP contribution is 2.25. The van der Waals surface area contributed by atoms with Gasteiger partial charge in [0.15, 0.2) is 0 Å². The fourth-order valence-electron chi connectivity index (χ4n) is 4.53. The van der Waals surface area contributed by atoms with Gasteiger partial charge in [0.1, 0.15) is 16.7 Å². The number of carbonyl (C=O) groups is 1. The molecule has 39 heavy (non-hydrogen) atoms. The number of nitrogens with one attached hydrogen (secondary N) is 1. The van der Waals surface area contributed by atoms with Crippen LogP contribution in [0.1, 0.15) is 21.5 Å². The van der Waals surface area contributed by atoms with E-state index in [1.165, 1.54) is 17.4 Å². The van der Waals surface area contributed by atoms with Gasteiger partial charge in [0.25, 0.3) is 5.91 Å². The Labute approximate surface area is 225 Å². The molecule has 0 saturated heterocycles. The maximum absolute atomic E-state index is 13.0. The summed E-state index contributed by atoms with van der Waals surface area (Å²) in [4.78, 5) is 38.9. The smallest absolute Gasteiger partial charge is 0.349 e. The minimum absolute atomic E-state index is 0.164. The average molecular weight is 536 g/mol. The van der Waals surface area contributed by atoms with E-state index in [0.717, 1.165) is 22.2 Å². The molecule has 0 radical (unpaired) electrons. The first-order valence-electron chi connectivity index (χ1n) is 12.1. The van der Waals surface area contributed by atoms with Gasteiger partial charge in [-0.05, 0) is 61.4 Å². The van der Waals surface area contributed by atoms with Crippen molar-refractivity contribution in [2.75, 3.05) is 0 Å². The lowest BCUT2D eigenvalue weighted by Crippen LogP contribution is -2.28. The first-order valence-corrected chi connectivity index (χ1v) is 12.9. The SMILES string of the molecule is Cc1cc(C)cc(-n2c(-c3cc4ccccc4oc3=O)cs/c2=N/NC(=O)c2cc3ccccc3oc2=O)c1. The summed E-state index contributed by atoms with van der Waals surface area (Å²) in [6.07, 6.45) is 0. The molecule has 0 saturated carbocycles. The third kappa shape index (κ3) is 4.60. The van der Waals surface area contributed by atoms with Crippen molar-refractivity contribution in [3.05, 3.63) is 127 Å². The minimum atomic E-state index is -0.760. The monoisotopic (exact) mass is 535 g/mol. The fourth-order valence-corrected chi connectivity index (χ4v) is 5.38. The summed E-state index contributed by atoms with van der Waals surface area (Å²) in [5.41, 5.74) is 5.65. The highest BCUT2D eigenvalue weighted by Gasteiger charge is 2.17. The molecule has 1 N–H and O–H groups in total. The molecule has 6 rings (SSSR count). The molecule has 0 aliphatic rings. The van der Waals surface area contributed by atoms with E-state index in [4.69, 9.17) is 8.83 Å². The van der Waals surface area contributed by atoms with Crippen LogP contribution in [0.4, 0.5) is 0 Å². The summed E-state index contributed by atoms with van der Waals surface area (Å²) in [7, 11) is 0. The zero-order valence-corrected chi connectivity index (χ0v) is 21.7. The van der Waals surface area contributed by atoms with E-state index in [0.29, 0.717) is 32.6 Å². The normalized spacial score (nSPS) is 11.8. The van der Waals surface area contributed by atoms with Crippen LogP contribution in [-0.4, -0.2) is 10.5 Å². The summed E-state index contributed by atoms with van der Waals surface area (Å²) in [6, 6.07) is 23.5. The molecule has 0 bridgehead atoms. The lowest BCUT2D eigenvalue weighted by Gasteiger charge is -2.11. The van der Waals surface area contributed by atoms with Gasteiger partial charge in [0.2, 0.25) is 4.80 Å². The van der Waals surface area contributed by atoms with Crippen molar-refractivity contribution >= 4 is 39.2 Å². The summed E-state index contributed by atoms with van der Waals surface area (Å²) in [6.45, 7) is 3.95. The number of thiazole rings is 1. The molecular formula is C30H21N3O5S. The highest BCUT2D eigenvalue weighted by molar-refractivity contribution is 7.07. The third-order valence-electron chi connectivity index (χ3n) is 6.23. The standard InChI is InChI=1S/C30H21N3O5S/c1-17-11-18(2)13-21(12-17)33-24(22-14-19-7-3-5-9-25(19)37-28(22)35)16-39-30(33)32-31-27(34)23-15-20-8-4-6-10-26(20)38-29(23)36/h3-16H,1-2H3,(H,31,34)/b32-30+. The van der Waals surface area contributed by atoms with Crippen molar-refractivity contribution in [3.8, 4) is 16.9 Å². The van der Waals surface area contributed by atoms with Gasteiger partial charge in [-0.15, -0.1) is 16.4 Å². The molecular weight excluding hydrogens is 514 g/mol. The topological polar surface area (TPSA) is 107 Å². The first kappa shape index (κ1) is 24.3. The van der Waals surface area contributed by atoms with E-state index >= 15 is 0 Å². The molecule has 192 valence electrons. The van der Waals surface area contributed by atoms with E-state index < -0.39 is 17.2 Å².